The third-order valence-corrected chi connectivity index (χ3v) is 5.74. The number of fused-ring (bicyclic) bond motifs is 1. The highest BCUT2D eigenvalue weighted by molar-refractivity contribution is 7.90. The molecule has 0 aliphatic rings. The van der Waals surface area contributed by atoms with Gasteiger partial charge in [0, 0.05) is 25.4 Å². The maximum Gasteiger partial charge on any atom is 0.293 e. The van der Waals surface area contributed by atoms with Gasteiger partial charge in [-0.25, -0.2) is 8.42 Å². The molecule has 0 aliphatic carbocycles. The van der Waals surface area contributed by atoms with Crippen LogP contribution < -0.4 is 15.4 Å². The second-order valence-corrected chi connectivity index (χ2v) is 8.81. The first-order chi connectivity index (χ1) is 14.7. The summed E-state index contributed by atoms with van der Waals surface area (Å²) in [6, 6.07) is 14.8. The molecule has 10 heteroatoms. The van der Waals surface area contributed by atoms with Gasteiger partial charge >= 0.3 is 0 Å². The lowest BCUT2D eigenvalue weighted by Gasteiger charge is -2.12. The molecule has 2 N–H and O–H groups in total. The van der Waals surface area contributed by atoms with Gasteiger partial charge in [0.1, 0.15) is 11.4 Å². The third kappa shape index (κ3) is 5.10. The van der Waals surface area contributed by atoms with Crippen LogP contribution in [0.5, 0.6) is 5.75 Å². The Morgan fingerprint density at radius 1 is 1.06 bits per heavy atom. The largest absolute Gasteiger partial charge is 0.496 e. The molecule has 0 aliphatic heterocycles. The van der Waals surface area contributed by atoms with E-state index in [1.165, 1.54) is 19.2 Å². The Balaban J connectivity index is 1.68. The monoisotopic (exact) mass is 443 g/mol. The van der Waals surface area contributed by atoms with Crippen LogP contribution in [0.3, 0.4) is 0 Å². The molecule has 3 rings (SSSR count). The van der Waals surface area contributed by atoms with Crippen LogP contribution in [0.25, 0.3) is 10.8 Å². The van der Waals surface area contributed by atoms with E-state index in [4.69, 9.17) is 4.74 Å². The third-order valence-electron chi connectivity index (χ3n) is 4.63. The quantitative estimate of drug-likeness (QED) is 0.311. The van der Waals surface area contributed by atoms with Crippen molar-refractivity contribution in [1.29, 1.82) is 0 Å². The lowest BCUT2D eigenvalue weighted by Crippen LogP contribution is -2.29. The number of carbonyl (C=O) groups is 1. The fraction of sp³-hybridized carbons (Fsp3) is 0.190. The Morgan fingerprint density at radius 2 is 1.74 bits per heavy atom. The lowest BCUT2D eigenvalue weighted by molar-refractivity contribution is -0.384. The van der Waals surface area contributed by atoms with Gasteiger partial charge in [0.25, 0.3) is 11.6 Å². The van der Waals surface area contributed by atoms with Crippen LogP contribution >= 0.6 is 0 Å². The van der Waals surface area contributed by atoms with E-state index in [0.717, 1.165) is 23.1 Å². The number of rotatable bonds is 8. The summed E-state index contributed by atoms with van der Waals surface area (Å²) in [7, 11) is -2.08. The number of nitro benzene ring substituents is 1. The summed E-state index contributed by atoms with van der Waals surface area (Å²) in [4.78, 5) is 23.1. The van der Waals surface area contributed by atoms with E-state index in [0.29, 0.717) is 11.3 Å². The highest BCUT2D eigenvalue weighted by atomic mass is 32.2. The lowest BCUT2D eigenvalue weighted by atomic mass is 10.1. The first kappa shape index (κ1) is 22.0. The van der Waals surface area contributed by atoms with Crippen molar-refractivity contribution in [2.45, 2.75) is 4.90 Å². The van der Waals surface area contributed by atoms with E-state index in [1.807, 2.05) is 24.3 Å². The highest BCUT2D eigenvalue weighted by Crippen LogP contribution is 2.28. The Hall–Kier alpha value is -3.66. The van der Waals surface area contributed by atoms with Gasteiger partial charge in [-0.05, 0) is 35.0 Å². The molecule has 3 aromatic carbocycles. The molecule has 9 nitrogen and oxygen atoms in total. The van der Waals surface area contributed by atoms with E-state index in [9.17, 15) is 23.3 Å². The zero-order chi connectivity index (χ0) is 22.6. The molecule has 0 radical (unpaired) electrons. The summed E-state index contributed by atoms with van der Waals surface area (Å²) in [5.74, 6) is 0.0995. The zero-order valence-corrected chi connectivity index (χ0v) is 17.7. The number of amides is 1. The highest BCUT2D eigenvalue weighted by Gasteiger charge is 2.19. The van der Waals surface area contributed by atoms with Crippen LogP contribution in [-0.4, -0.2) is 45.7 Å². The topological polar surface area (TPSA) is 128 Å². The Kier molecular flexibility index (Phi) is 6.40. The van der Waals surface area contributed by atoms with Crippen LogP contribution in [-0.2, 0) is 9.84 Å². The van der Waals surface area contributed by atoms with Gasteiger partial charge in [-0.3, -0.25) is 14.9 Å². The molecule has 0 unspecified atom stereocenters. The maximum atomic E-state index is 12.6. The van der Waals surface area contributed by atoms with E-state index in [1.54, 1.807) is 12.1 Å². The molecule has 0 spiro atoms. The number of hydrogen-bond acceptors (Lipinski definition) is 7. The van der Waals surface area contributed by atoms with E-state index < -0.39 is 14.8 Å². The summed E-state index contributed by atoms with van der Waals surface area (Å²) in [5.41, 5.74) is 0.185. The van der Waals surface area contributed by atoms with Gasteiger partial charge in [-0.1, -0.05) is 24.3 Å². The minimum Gasteiger partial charge on any atom is -0.496 e. The molecule has 0 atom stereocenters. The molecule has 0 fully saturated rings. The Bertz CT molecular complexity index is 1260. The van der Waals surface area contributed by atoms with Gasteiger partial charge in [-0.15, -0.1) is 0 Å². The second-order valence-electron chi connectivity index (χ2n) is 6.79. The van der Waals surface area contributed by atoms with Crippen LogP contribution in [0.4, 0.5) is 11.4 Å². The van der Waals surface area contributed by atoms with Crippen LogP contribution in [0.15, 0.2) is 59.5 Å². The van der Waals surface area contributed by atoms with E-state index >= 15 is 0 Å². The molecule has 0 heterocycles. The number of anilines is 1. The molecule has 0 saturated heterocycles. The van der Waals surface area contributed by atoms with Crippen molar-refractivity contribution in [3.63, 3.8) is 0 Å². The molecular formula is C21H21N3O6S. The van der Waals surface area contributed by atoms with Gasteiger partial charge in [0.05, 0.1) is 22.5 Å². The standard InChI is InChI=1S/C21H21N3O6S/c1-30-20-12-15-6-4-3-5-14(15)11-17(20)21(25)23-10-9-22-18-8-7-16(31(2,28)29)13-19(18)24(26)27/h3-8,11-13,22H,9-10H2,1-2H3,(H,23,25). The van der Waals surface area contributed by atoms with Crippen LogP contribution in [0.2, 0.25) is 0 Å². The smallest absolute Gasteiger partial charge is 0.293 e. The summed E-state index contributed by atoms with van der Waals surface area (Å²) >= 11 is 0. The molecule has 0 saturated carbocycles. The number of ether oxygens (including phenoxy) is 1. The SMILES string of the molecule is COc1cc2ccccc2cc1C(=O)NCCNc1ccc(S(C)(=O)=O)cc1[N+](=O)[O-]. The first-order valence-corrected chi connectivity index (χ1v) is 11.2. The molecule has 0 bridgehead atoms. The summed E-state index contributed by atoms with van der Waals surface area (Å²) in [5, 5.41) is 18.7. The number of nitrogens with one attached hydrogen (secondary N) is 2. The molecule has 0 aromatic heterocycles. The fourth-order valence-electron chi connectivity index (χ4n) is 3.08. The average Bonchev–Trinajstić information content (AvgIpc) is 2.74. The van der Waals surface area contributed by atoms with E-state index in [-0.39, 0.29) is 35.3 Å². The van der Waals surface area contributed by atoms with Crippen molar-refractivity contribution >= 4 is 37.9 Å². The van der Waals surface area contributed by atoms with Gasteiger partial charge in [-0.2, -0.15) is 0 Å². The number of nitrogens with zero attached hydrogens (tertiary/aromatic N) is 1. The Labute approximate surface area is 179 Å². The van der Waals surface area contributed by atoms with Crippen molar-refractivity contribution in [2.75, 3.05) is 31.8 Å². The van der Waals surface area contributed by atoms with Crippen LogP contribution in [0, 0.1) is 10.1 Å². The van der Waals surface area contributed by atoms with Crippen molar-refractivity contribution in [2.24, 2.45) is 0 Å². The maximum absolute atomic E-state index is 12.6. The number of benzene rings is 3. The summed E-state index contributed by atoms with van der Waals surface area (Å²) in [6.45, 7) is 0.375. The summed E-state index contributed by atoms with van der Waals surface area (Å²) in [6.07, 6.45) is 0.982. The molecule has 162 valence electrons. The molecule has 3 aromatic rings. The Morgan fingerprint density at radius 3 is 2.35 bits per heavy atom. The van der Waals surface area contributed by atoms with Crippen molar-refractivity contribution in [3.8, 4) is 5.75 Å². The number of carbonyl (C=O) groups excluding carboxylic acids is 1. The van der Waals surface area contributed by atoms with Crippen LogP contribution in [0.1, 0.15) is 10.4 Å². The molecular weight excluding hydrogens is 422 g/mol. The number of nitro groups is 1. The normalized spacial score (nSPS) is 11.2. The number of sulfone groups is 1. The van der Waals surface area contributed by atoms with Gasteiger partial charge in [0.15, 0.2) is 9.84 Å². The zero-order valence-electron chi connectivity index (χ0n) is 16.9. The van der Waals surface area contributed by atoms with E-state index in [2.05, 4.69) is 10.6 Å². The fourth-order valence-corrected chi connectivity index (χ4v) is 3.72. The van der Waals surface area contributed by atoms with Gasteiger partial charge in [0.2, 0.25) is 0 Å². The summed E-state index contributed by atoms with van der Waals surface area (Å²) < 4.78 is 28.6. The number of hydrogen-bond donors (Lipinski definition) is 2. The number of methoxy groups -OCH3 is 1. The molecule has 31 heavy (non-hydrogen) atoms. The minimum absolute atomic E-state index is 0.138. The average molecular weight is 443 g/mol. The minimum atomic E-state index is -3.57. The van der Waals surface area contributed by atoms with Gasteiger partial charge < -0.3 is 15.4 Å². The predicted octanol–water partition coefficient (Wildman–Crippen LogP) is 3.00. The van der Waals surface area contributed by atoms with Crippen molar-refractivity contribution in [3.05, 3.63) is 70.3 Å². The first-order valence-electron chi connectivity index (χ1n) is 9.28. The van der Waals surface area contributed by atoms with Crippen molar-refractivity contribution in [1.82, 2.24) is 5.32 Å². The van der Waals surface area contributed by atoms with Crippen molar-refractivity contribution < 1.29 is 22.9 Å². The second kappa shape index (κ2) is 9.00. The molecule has 1 amide bonds. The predicted molar refractivity (Wildman–Crippen MR) is 118 cm³/mol.